The number of benzene rings is 2. The molecule has 0 heterocycles. The van der Waals surface area contributed by atoms with Crippen LogP contribution in [0.2, 0.25) is 0 Å². The predicted molar refractivity (Wildman–Crippen MR) is 98.4 cm³/mol. The van der Waals surface area contributed by atoms with Gasteiger partial charge in [0.1, 0.15) is 6.04 Å². The van der Waals surface area contributed by atoms with Gasteiger partial charge >= 0.3 is 0 Å². The number of halogens is 1. The van der Waals surface area contributed by atoms with Gasteiger partial charge in [0, 0.05) is 22.1 Å². The second-order valence-electron chi connectivity index (χ2n) is 5.59. The first-order chi connectivity index (χ1) is 11.6. The Labute approximate surface area is 151 Å². The van der Waals surface area contributed by atoms with Crippen LogP contribution in [0.25, 0.3) is 0 Å². The minimum atomic E-state index is -0.0291. The van der Waals surface area contributed by atoms with Crippen LogP contribution >= 0.6 is 15.9 Å². The highest BCUT2D eigenvalue weighted by Crippen LogP contribution is 2.16. The van der Waals surface area contributed by atoms with Gasteiger partial charge in [-0.05, 0) is 29.8 Å². The van der Waals surface area contributed by atoms with E-state index in [1.807, 2.05) is 36.4 Å². The molecule has 0 unspecified atom stereocenters. The molecule has 1 atom stereocenters. The molecule has 24 heavy (non-hydrogen) atoms. The normalized spacial score (nSPS) is 11.5. The number of nitriles is 1. The van der Waals surface area contributed by atoms with E-state index >= 15 is 0 Å². The molecule has 0 saturated carbocycles. The number of amides is 1. The highest BCUT2D eigenvalue weighted by molar-refractivity contribution is 9.10. The zero-order valence-electron chi connectivity index (χ0n) is 13.6. The summed E-state index contributed by atoms with van der Waals surface area (Å²) in [7, 11) is 0. The molecule has 0 radical (unpaired) electrons. The molecule has 0 saturated heterocycles. The summed E-state index contributed by atoms with van der Waals surface area (Å²) in [4.78, 5) is 12.1. The lowest BCUT2D eigenvalue weighted by Crippen LogP contribution is -2.87. The summed E-state index contributed by atoms with van der Waals surface area (Å²) in [5.74, 6) is -0.0291. The monoisotopic (exact) mass is 386 g/mol. The van der Waals surface area contributed by atoms with E-state index < -0.39 is 0 Å². The molecule has 0 aliphatic heterocycles. The molecule has 0 aromatic heterocycles. The van der Waals surface area contributed by atoms with Crippen molar-refractivity contribution in [3.63, 3.8) is 0 Å². The van der Waals surface area contributed by atoms with Crippen molar-refractivity contribution in [2.45, 2.75) is 25.8 Å². The van der Waals surface area contributed by atoms with E-state index in [0.717, 1.165) is 22.1 Å². The summed E-state index contributed by atoms with van der Waals surface area (Å²) in [6.45, 7) is 2.49. The summed E-state index contributed by atoms with van der Waals surface area (Å²) < 4.78 is 1.05. The van der Waals surface area contributed by atoms with Crippen LogP contribution in [-0.2, 0) is 11.2 Å². The highest BCUT2D eigenvalue weighted by Gasteiger charge is 2.14. The largest absolute Gasteiger partial charge is 0.332 e. The van der Waals surface area contributed by atoms with Crippen LogP contribution in [0.15, 0.2) is 53.0 Å². The number of carbonyl (C=O) groups excluding carboxylic acids is 1. The fourth-order valence-corrected chi connectivity index (χ4v) is 2.77. The molecule has 2 rings (SSSR count). The van der Waals surface area contributed by atoms with Crippen LogP contribution < -0.4 is 10.6 Å². The van der Waals surface area contributed by atoms with Crippen LogP contribution in [0, 0.1) is 11.3 Å². The Bertz CT molecular complexity index is 705. The van der Waals surface area contributed by atoms with Crippen LogP contribution in [-0.4, -0.2) is 12.5 Å². The number of nitrogens with zero attached hydrogens (tertiary/aromatic N) is 1. The Kier molecular flexibility index (Phi) is 6.98. The Morgan fingerprint density at radius 1 is 1.21 bits per heavy atom. The predicted octanol–water partition coefficient (Wildman–Crippen LogP) is 3.17. The van der Waals surface area contributed by atoms with Crippen molar-refractivity contribution in [1.82, 2.24) is 0 Å². The number of nitrogens with one attached hydrogen (secondary N) is 1. The van der Waals surface area contributed by atoms with Gasteiger partial charge in [0.05, 0.1) is 12.5 Å². The van der Waals surface area contributed by atoms with Crippen LogP contribution in [0.5, 0.6) is 0 Å². The lowest BCUT2D eigenvalue weighted by Gasteiger charge is -2.14. The third kappa shape index (κ3) is 5.48. The number of anilines is 1. The van der Waals surface area contributed by atoms with Crippen molar-refractivity contribution in [3.8, 4) is 6.07 Å². The number of rotatable bonds is 7. The Morgan fingerprint density at radius 3 is 2.46 bits per heavy atom. The van der Waals surface area contributed by atoms with Crippen LogP contribution in [0.1, 0.15) is 30.5 Å². The van der Waals surface area contributed by atoms with E-state index in [4.69, 9.17) is 5.26 Å². The van der Waals surface area contributed by atoms with Crippen molar-refractivity contribution in [2.24, 2.45) is 0 Å². The van der Waals surface area contributed by atoms with Crippen molar-refractivity contribution < 1.29 is 10.1 Å². The Morgan fingerprint density at radius 2 is 1.88 bits per heavy atom. The molecule has 2 aromatic rings. The molecule has 0 fully saturated rings. The second-order valence-corrected chi connectivity index (χ2v) is 6.50. The van der Waals surface area contributed by atoms with Crippen LogP contribution in [0.4, 0.5) is 5.69 Å². The van der Waals surface area contributed by atoms with E-state index in [1.54, 1.807) is 0 Å². The number of carbonyl (C=O) groups is 1. The minimum Gasteiger partial charge on any atom is -0.332 e. The number of quaternary nitrogens is 1. The number of nitrogens with two attached hydrogens (primary N) is 1. The van der Waals surface area contributed by atoms with Crippen LogP contribution in [0.3, 0.4) is 0 Å². The lowest BCUT2D eigenvalue weighted by atomic mass is 10.0. The molecule has 0 aliphatic carbocycles. The molecule has 0 bridgehead atoms. The molecular weight excluding hydrogens is 366 g/mol. The fourth-order valence-electron chi connectivity index (χ4n) is 2.51. The van der Waals surface area contributed by atoms with E-state index in [2.05, 4.69) is 51.7 Å². The standard InChI is InChI=1S/C19H20BrN3O/c1-2-18(15-5-7-16(20)8-6-15)22-13-19(24)23-17-9-3-14(4-10-17)11-12-21/h3-10,18,22H,2,11,13H2,1H3,(H,23,24)/p+1/t18-/m0/s1. The smallest absolute Gasteiger partial charge is 0.279 e. The van der Waals surface area contributed by atoms with E-state index in [-0.39, 0.29) is 11.9 Å². The highest BCUT2D eigenvalue weighted by atomic mass is 79.9. The average Bonchev–Trinajstić information content (AvgIpc) is 2.59. The maximum absolute atomic E-state index is 12.1. The van der Waals surface area contributed by atoms with E-state index in [0.29, 0.717) is 13.0 Å². The molecule has 3 N–H and O–H groups in total. The van der Waals surface area contributed by atoms with E-state index in [1.165, 1.54) is 5.56 Å². The maximum Gasteiger partial charge on any atom is 0.279 e. The third-order valence-electron chi connectivity index (χ3n) is 3.85. The number of hydrogen-bond acceptors (Lipinski definition) is 2. The van der Waals surface area contributed by atoms with Gasteiger partial charge in [-0.2, -0.15) is 5.26 Å². The molecule has 0 aliphatic rings. The maximum atomic E-state index is 12.1. The van der Waals surface area contributed by atoms with E-state index in [9.17, 15) is 4.79 Å². The third-order valence-corrected chi connectivity index (χ3v) is 4.38. The zero-order chi connectivity index (χ0) is 17.4. The summed E-state index contributed by atoms with van der Waals surface area (Å²) in [6.07, 6.45) is 1.34. The zero-order valence-corrected chi connectivity index (χ0v) is 15.2. The van der Waals surface area contributed by atoms with Crippen molar-refractivity contribution in [2.75, 3.05) is 11.9 Å². The van der Waals surface area contributed by atoms with Gasteiger partial charge in [-0.3, -0.25) is 4.79 Å². The number of hydrogen-bond donors (Lipinski definition) is 2. The quantitative estimate of drug-likeness (QED) is 0.766. The first-order valence-electron chi connectivity index (χ1n) is 7.97. The van der Waals surface area contributed by atoms with Crippen molar-refractivity contribution >= 4 is 27.5 Å². The summed E-state index contributed by atoms with van der Waals surface area (Å²) in [5, 5.41) is 13.6. The van der Waals surface area contributed by atoms with Gasteiger partial charge < -0.3 is 10.6 Å². The molecule has 4 nitrogen and oxygen atoms in total. The average molecular weight is 387 g/mol. The Balaban J connectivity index is 1.87. The molecule has 124 valence electrons. The first-order valence-corrected chi connectivity index (χ1v) is 8.76. The SMILES string of the molecule is CC[C@H]([NH2+]CC(=O)Nc1ccc(CC#N)cc1)c1ccc(Br)cc1. The minimum absolute atomic E-state index is 0.0291. The Hall–Kier alpha value is -2.16. The van der Waals surface area contributed by atoms with Gasteiger partial charge in [0.2, 0.25) is 0 Å². The molecular formula is C19H21BrN3O+. The second kappa shape index (κ2) is 9.21. The molecule has 0 spiro atoms. The topological polar surface area (TPSA) is 69.5 Å². The molecule has 1 amide bonds. The van der Waals surface area contributed by atoms with Gasteiger partial charge in [0.15, 0.2) is 6.54 Å². The van der Waals surface area contributed by atoms with Gasteiger partial charge in [0.25, 0.3) is 5.91 Å². The molecule has 5 heteroatoms. The van der Waals surface area contributed by atoms with Crippen molar-refractivity contribution in [3.05, 3.63) is 64.1 Å². The summed E-state index contributed by atoms with van der Waals surface area (Å²) in [6, 6.07) is 18.0. The van der Waals surface area contributed by atoms with Gasteiger partial charge in [-0.1, -0.05) is 47.1 Å². The lowest BCUT2D eigenvalue weighted by molar-refractivity contribution is -0.686. The van der Waals surface area contributed by atoms with Gasteiger partial charge in [-0.25, -0.2) is 0 Å². The van der Waals surface area contributed by atoms with Crippen molar-refractivity contribution in [1.29, 1.82) is 5.26 Å². The molecule has 2 aromatic carbocycles. The van der Waals surface area contributed by atoms with Gasteiger partial charge in [-0.15, -0.1) is 0 Å². The first kappa shape index (κ1) is 18.2. The summed E-state index contributed by atoms with van der Waals surface area (Å²) in [5.41, 5.74) is 2.92. The summed E-state index contributed by atoms with van der Waals surface area (Å²) >= 11 is 3.44. The fraction of sp³-hybridized carbons (Fsp3) is 0.263.